The van der Waals surface area contributed by atoms with E-state index in [-0.39, 0.29) is 42.5 Å². The van der Waals surface area contributed by atoms with Gasteiger partial charge in [0.05, 0.1) is 25.0 Å². The molecule has 1 aliphatic rings. The summed E-state index contributed by atoms with van der Waals surface area (Å²) >= 11 is 0. The first-order chi connectivity index (χ1) is 15.9. The topological polar surface area (TPSA) is 87.8 Å². The first kappa shape index (κ1) is 22.2. The SMILES string of the molecule is C[C@H](NC(=O)c1cc(F)cc(CN2C(=O)CC(c3ccccc3)N=C2N)c1)c1ccccc1. The smallest absolute Gasteiger partial charge is 0.251 e. The quantitative estimate of drug-likeness (QED) is 0.600. The molecule has 33 heavy (non-hydrogen) atoms. The molecule has 3 aromatic carbocycles. The van der Waals surface area contributed by atoms with Crippen LogP contribution < -0.4 is 11.1 Å². The number of nitrogens with one attached hydrogen (secondary N) is 1. The standard InChI is InChI=1S/C26H25FN4O2/c1-17(19-8-4-2-5-9-19)29-25(33)21-12-18(13-22(27)14-21)16-31-24(32)15-23(30-26(31)28)20-10-6-3-7-11-20/h2-14,17,23H,15-16H2,1H3,(H2,28,30)(H,29,33)/t17-,23?/m0/s1. The van der Waals surface area contributed by atoms with E-state index in [1.807, 2.05) is 67.6 Å². The minimum absolute atomic E-state index is 0.0297. The van der Waals surface area contributed by atoms with Gasteiger partial charge in [-0.25, -0.2) is 9.38 Å². The van der Waals surface area contributed by atoms with Crippen molar-refractivity contribution in [1.82, 2.24) is 10.2 Å². The zero-order chi connectivity index (χ0) is 23.4. The van der Waals surface area contributed by atoms with E-state index in [1.165, 1.54) is 17.0 Å². The summed E-state index contributed by atoms with van der Waals surface area (Å²) in [6.45, 7) is 1.89. The minimum Gasteiger partial charge on any atom is -0.369 e. The number of aliphatic imine (C=N–C) groups is 1. The van der Waals surface area contributed by atoms with Gasteiger partial charge in [-0.2, -0.15) is 0 Å². The van der Waals surface area contributed by atoms with Crippen molar-refractivity contribution in [2.45, 2.75) is 32.0 Å². The predicted octanol–water partition coefficient (Wildman–Crippen LogP) is 4.11. The molecule has 0 bridgehead atoms. The molecule has 1 heterocycles. The van der Waals surface area contributed by atoms with Crippen molar-refractivity contribution in [3.05, 3.63) is 107 Å². The highest BCUT2D eigenvalue weighted by Crippen LogP contribution is 2.26. The van der Waals surface area contributed by atoms with Crippen LogP contribution in [0, 0.1) is 5.82 Å². The second-order valence-electron chi connectivity index (χ2n) is 8.05. The zero-order valence-corrected chi connectivity index (χ0v) is 18.2. The Labute approximate surface area is 191 Å². The Morgan fingerprint density at radius 1 is 1.12 bits per heavy atom. The molecule has 0 saturated carbocycles. The maximum atomic E-state index is 14.3. The monoisotopic (exact) mass is 444 g/mol. The van der Waals surface area contributed by atoms with Crippen LogP contribution in [-0.4, -0.2) is 22.7 Å². The third-order valence-corrected chi connectivity index (χ3v) is 5.63. The lowest BCUT2D eigenvalue weighted by molar-refractivity contribution is -0.128. The molecule has 6 nitrogen and oxygen atoms in total. The Kier molecular flexibility index (Phi) is 6.49. The van der Waals surface area contributed by atoms with Crippen LogP contribution in [0.25, 0.3) is 0 Å². The number of amides is 2. The van der Waals surface area contributed by atoms with Gasteiger partial charge >= 0.3 is 0 Å². The molecular weight excluding hydrogens is 419 g/mol. The van der Waals surface area contributed by atoms with Crippen LogP contribution in [0.15, 0.2) is 83.9 Å². The van der Waals surface area contributed by atoms with E-state index in [0.717, 1.165) is 11.1 Å². The third-order valence-electron chi connectivity index (χ3n) is 5.63. The molecule has 2 atom stereocenters. The third kappa shape index (κ3) is 5.26. The average molecular weight is 445 g/mol. The van der Waals surface area contributed by atoms with Crippen LogP contribution in [0.2, 0.25) is 0 Å². The van der Waals surface area contributed by atoms with Gasteiger partial charge in [-0.3, -0.25) is 14.5 Å². The largest absolute Gasteiger partial charge is 0.369 e. The van der Waals surface area contributed by atoms with E-state index >= 15 is 0 Å². The van der Waals surface area contributed by atoms with Crippen molar-refractivity contribution in [3.8, 4) is 0 Å². The summed E-state index contributed by atoms with van der Waals surface area (Å²) in [6, 6.07) is 22.4. The summed E-state index contributed by atoms with van der Waals surface area (Å²) in [7, 11) is 0. The molecule has 168 valence electrons. The fourth-order valence-electron chi connectivity index (χ4n) is 3.88. The summed E-state index contributed by atoms with van der Waals surface area (Å²) in [6.07, 6.45) is 0.169. The van der Waals surface area contributed by atoms with Crippen LogP contribution in [0.3, 0.4) is 0 Å². The van der Waals surface area contributed by atoms with Gasteiger partial charge in [0.1, 0.15) is 5.82 Å². The van der Waals surface area contributed by atoms with Crippen molar-refractivity contribution in [1.29, 1.82) is 0 Å². The second-order valence-corrected chi connectivity index (χ2v) is 8.05. The number of rotatable bonds is 6. The number of carbonyl (C=O) groups excluding carboxylic acids is 2. The van der Waals surface area contributed by atoms with Crippen LogP contribution in [0.1, 0.15) is 52.5 Å². The highest BCUT2D eigenvalue weighted by molar-refractivity contribution is 5.98. The van der Waals surface area contributed by atoms with Gasteiger partial charge in [0.15, 0.2) is 5.96 Å². The van der Waals surface area contributed by atoms with Crippen molar-refractivity contribution < 1.29 is 14.0 Å². The van der Waals surface area contributed by atoms with Gasteiger partial charge in [0, 0.05) is 5.56 Å². The van der Waals surface area contributed by atoms with E-state index in [0.29, 0.717) is 5.56 Å². The Balaban J connectivity index is 1.50. The first-order valence-corrected chi connectivity index (χ1v) is 10.7. The molecule has 0 radical (unpaired) electrons. The molecule has 0 aromatic heterocycles. The number of nitrogens with two attached hydrogens (primary N) is 1. The number of nitrogens with zero attached hydrogens (tertiary/aromatic N) is 2. The highest BCUT2D eigenvalue weighted by Gasteiger charge is 2.28. The van der Waals surface area contributed by atoms with E-state index < -0.39 is 11.7 Å². The normalized spacial score (nSPS) is 16.8. The highest BCUT2D eigenvalue weighted by atomic mass is 19.1. The molecule has 3 N–H and O–H groups in total. The number of carbonyl (C=O) groups is 2. The Morgan fingerprint density at radius 3 is 2.45 bits per heavy atom. The van der Waals surface area contributed by atoms with E-state index in [4.69, 9.17) is 5.73 Å². The van der Waals surface area contributed by atoms with Crippen LogP contribution in [0.5, 0.6) is 0 Å². The number of halogens is 1. The lowest BCUT2D eigenvalue weighted by Gasteiger charge is -2.29. The molecule has 2 amide bonds. The van der Waals surface area contributed by atoms with Crippen molar-refractivity contribution in [2.75, 3.05) is 0 Å². The lowest BCUT2D eigenvalue weighted by Crippen LogP contribution is -2.45. The molecule has 1 aliphatic heterocycles. The average Bonchev–Trinajstić information content (AvgIpc) is 2.82. The maximum absolute atomic E-state index is 14.3. The van der Waals surface area contributed by atoms with Gasteiger partial charge in [0.25, 0.3) is 5.91 Å². The molecule has 4 rings (SSSR count). The summed E-state index contributed by atoms with van der Waals surface area (Å²) in [4.78, 5) is 31.3. The molecule has 0 aliphatic carbocycles. The zero-order valence-electron chi connectivity index (χ0n) is 18.2. The number of benzene rings is 3. The van der Waals surface area contributed by atoms with Gasteiger partial charge in [0.2, 0.25) is 5.91 Å². The first-order valence-electron chi connectivity index (χ1n) is 10.7. The van der Waals surface area contributed by atoms with Crippen molar-refractivity contribution in [2.24, 2.45) is 10.7 Å². The van der Waals surface area contributed by atoms with Crippen molar-refractivity contribution in [3.63, 3.8) is 0 Å². The molecule has 0 fully saturated rings. The fourth-order valence-corrected chi connectivity index (χ4v) is 3.88. The van der Waals surface area contributed by atoms with Gasteiger partial charge in [-0.1, -0.05) is 60.7 Å². The molecule has 0 saturated heterocycles. The minimum atomic E-state index is -0.563. The van der Waals surface area contributed by atoms with E-state index in [1.54, 1.807) is 6.07 Å². The van der Waals surface area contributed by atoms with E-state index in [2.05, 4.69) is 10.3 Å². The molecule has 3 aromatic rings. The van der Waals surface area contributed by atoms with E-state index in [9.17, 15) is 14.0 Å². The predicted molar refractivity (Wildman–Crippen MR) is 125 cm³/mol. The van der Waals surface area contributed by atoms with Gasteiger partial charge in [-0.15, -0.1) is 0 Å². The maximum Gasteiger partial charge on any atom is 0.251 e. The van der Waals surface area contributed by atoms with Crippen LogP contribution in [-0.2, 0) is 11.3 Å². The molecular formula is C26H25FN4O2. The van der Waals surface area contributed by atoms with Crippen LogP contribution in [0.4, 0.5) is 4.39 Å². The summed E-state index contributed by atoms with van der Waals surface area (Å²) in [5.74, 6) is -1.09. The fraction of sp³-hybridized carbons (Fsp3) is 0.192. The van der Waals surface area contributed by atoms with Crippen LogP contribution >= 0.6 is 0 Å². The number of guanidine groups is 1. The second kappa shape index (κ2) is 9.65. The van der Waals surface area contributed by atoms with Crippen molar-refractivity contribution >= 4 is 17.8 Å². The molecule has 1 unspecified atom stereocenters. The molecule has 0 spiro atoms. The number of hydrogen-bond donors (Lipinski definition) is 2. The Hall–Kier alpha value is -4.00. The summed E-state index contributed by atoms with van der Waals surface area (Å²) in [5, 5.41) is 2.88. The Morgan fingerprint density at radius 2 is 1.79 bits per heavy atom. The van der Waals surface area contributed by atoms with Gasteiger partial charge in [-0.05, 0) is 41.8 Å². The summed E-state index contributed by atoms with van der Waals surface area (Å²) in [5.41, 5.74) is 8.58. The summed E-state index contributed by atoms with van der Waals surface area (Å²) < 4.78 is 14.3. The van der Waals surface area contributed by atoms with Gasteiger partial charge < -0.3 is 11.1 Å². The number of hydrogen-bond acceptors (Lipinski definition) is 4. The lowest BCUT2D eigenvalue weighted by atomic mass is 10.0. The Bertz CT molecular complexity index is 1180. The molecule has 7 heteroatoms.